The van der Waals surface area contributed by atoms with Gasteiger partial charge in [-0.3, -0.25) is 4.79 Å². The number of carbonyl (C=O) groups excluding carboxylic acids is 2. The molecule has 25 heavy (non-hydrogen) atoms. The topological polar surface area (TPSA) is 55.4 Å². The minimum atomic E-state index is -0.742. The van der Waals surface area contributed by atoms with Crippen molar-refractivity contribution in [1.29, 1.82) is 0 Å². The van der Waals surface area contributed by atoms with Crippen LogP contribution in [0.15, 0.2) is 48.5 Å². The number of benzene rings is 2. The van der Waals surface area contributed by atoms with Crippen molar-refractivity contribution < 1.29 is 14.3 Å². The highest BCUT2D eigenvalue weighted by molar-refractivity contribution is 6.33. The van der Waals surface area contributed by atoms with Crippen molar-refractivity contribution in [3.05, 3.63) is 70.2 Å². The van der Waals surface area contributed by atoms with Crippen molar-refractivity contribution in [3.63, 3.8) is 0 Å². The van der Waals surface area contributed by atoms with Gasteiger partial charge in [-0.1, -0.05) is 67.4 Å². The molecule has 0 radical (unpaired) electrons. The van der Waals surface area contributed by atoms with Crippen LogP contribution in [0, 0.1) is 12.8 Å². The van der Waals surface area contributed by atoms with Gasteiger partial charge in [-0.15, -0.1) is 0 Å². The third-order valence-corrected chi connectivity index (χ3v) is 4.12. The van der Waals surface area contributed by atoms with Gasteiger partial charge in [0.1, 0.15) is 12.6 Å². The maximum Gasteiger partial charge on any atom is 0.329 e. The van der Waals surface area contributed by atoms with Crippen molar-refractivity contribution in [2.45, 2.75) is 33.4 Å². The van der Waals surface area contributed by atoms with Gasteiger partial charge >= 0.3 is 5.97 Å². The molecule has 0 aromatic heterocycles. The summed E-state index contributed by atoms with van der Waals surface area (Å²) in [6.45, 7) is 5.86. The quantitative estimate of drug-likeness (QED) is 0.788. The summed E-state index contributed by atoms with van der Waals surface area (Å²) < 4.78 is 5.39. The summed E-state index contributed by atoms with van der Waals surface area (Å²) in [4.78, 5) is 24.8. The van der Waals surface area contributed by atoms with E-state index in [2.05, 4.69) is 5.32 Å². The largest absolute Gasteiger partial charge is 0.459 e. The Kier molecular flexibility index (Phi) is 6.59. The van der Waals surface area contributed by atoms with Crippen molar-refractivity contribution in [2.75, 3.05) is 0 Å². The zero-order valence-electron chi connectivity index (χ0n) is 14.6. The van der Waals surface area contributed by atoms with E-state index in [4.69, 9.17) is 16.3 Å². The van der Waals surface area contributed by atoms with Crippen LogP contribution in [0.4, 0.5) is 0 Å². The van der Waals surface area contributed by atoms with Gasteiger partial charge in [0.15, 0.2) is 0 Å². The van der Waals surface area contributed by atoms with Crippen LogP contribution >= 0.6 is 11.6 Å². The number of esters is 1. The molecular weight excluding hydrogens is 338 g/mol. The zero-order valence-corrected chi connectivity index (χ0v) is 15.3. The van der Waals surface area contributed by atoms with E-state index in [0.29, 0.717) is 10.6 Å². The third kappa shape index (κ3) is 5.33. The molecule has 1 N–H and O–H groups in total. The molecule has 132 valence electrons. The molecule has 4 nitrogen and oxygen atoms in total. The monoisotopic (exact) mass is 359 g/mol. The lowest BCUT2D eigenvalue weighted by Gasteiger charge is -2.21. The van der Waals surface area contributed by atoms with Crippen LogP contribution in [0.2, 0.25) is 5.02 Å². The lowest BCUT2D eigenvalue weighted by Crippen LogP contribution is -2.45. The predicted molar refractivity (Wildman–Crippen MR) is 98.5 cm³/mol. The first-order chi connectivity index (χ1) is 11.9. The average molecular weight is 360 g/mol. The maximum absolute atomic E-state index is 12.4. The van der Waals surface area contributed by atoms with Crippen LogP contribution < -0.4 is 5.32 Å². The van der Waals surface area contributed by atoms with Crippen molar-refractivity contribution in [3.8, 4) is 0 Å². The molecule has 0 saturated carbocycles. The van der Waals surface area contributed by atoms with Crippen molar-refractivity contribution >= 4 is 23.5 Å². The molecule has 2 rings (SSSR count). The van der Waals surface area contributed by atoms with Crippen LogP contribution in [-0.2, 0) is 16.1 Å². The molecule has 0 spiro atoms. The normalized spacial score (nSPS) is 11.9. The summed E-state index contributed by atoms with van der Waals surface area (Å²) >= 11 is 6.04. The molecule has 0 aliphatic rings. The Morgan fingerprint density at radius 1 is 1.12 bits per heavy atom. The van der Waals surface area contributed by atoms with E-state index >= 15 is 0 Å². The number of amides is 1. The molecule has 0 unspecified atom stereocenters. The molecule has 5 heteroatoms. The van der Waals surface area contributed by atoms with Crippen LogP contribution in [0.5, 0.6) is 0 Å². The minimum Gasteiger partial charge on any atom is -0.459 e. The summed E-state index contributed by atoms with van der Waals surface area (Å²) in [6, 6.07) is 13.7. The lowest BCUT2D eigenvalue weighted by molar-refractivity contribution is -0.148. The molecule has 0 aliphatic heterocycles. The summed E-state index contributed by atoms with van der Waals surface area (Å²) in [5, 5.41) is 3.07. The van der Waals surface area contributed by atoms with Gasteiger partial charge < -0.3 is 10.1 Å². The Labute approximate surface area is 153 Å². The van der Waals surface area contributed by atoms with E-state index < -0.39 is 17.9 Å². The standard InChI is InChI=1S/C20H22ClNO3/c1-13(2)18(22-19(23)16-9-4-5-10-17(16)21)20(24)25-12-15-8-6-7-14(3)11-15/h4-11,13,18H,12H2,1-3H3,(H,22,23)/t18-/m0/s1. The fourth-order valence-corrected chi connectivity index (χ4v) is 2.63. The average Bonchev–Trinajstić information content (AvgIpc) is 2.57. The van der Waals surface area contributed by atoms with Crippen LogP contribution in [0.25, 0.3) is 0 Å². The highest BCUT2D eigenvalue weighted by Crippen LogP contribution is 2.16. The van der Waals surface area contributed by atoms with Crippen LogP contribution in [0.3, 0.4) is 0 Å². The SMILES string of the molecule is Cc1cccc(COC(=O)[C@@H](NC(=O)c2ccccc2Cl)C(C)C)c1. The molecule has 0 heterocycles. The zero-order chi connectivity index (χ0) is 18.4. The lowest BCUT2D eigenvalue weighted by atomic mass is 10.0. The molecule has 0 saturated heterocycles. The van der Waals surface area contributed by atoms with Gasteiger partial charge in [0.25, 0.3) is 5.91 Å². The predicted octanol–water partition coefficient (Wildman–Crippen LogP) is 4.15. The number of hydrogen-bond donors (Lipinski definition) is 1. The summed E-state index contributed by atoms with van der Waals surface area (Å²) in [5.74, 6) is -0.967. The molecule has 1 atom stereocenters. The summed E-state index contributed by atoms with van der Waals surface area (Å²) in [5.41, 5.74) is 2.34. The van der Waals surface area contributed by atoms with Gasteiger partial charge in [0.2, 0.25) is 0 Å². The van der Waals surface area contributed by atoms with Crippen molar-refractivity contribution in [2.24, 2.45) is 5.92 Å². The number of ether oxygens (including phenoxy) is 1. The van der Waals surface area contributed by atoms with E-state index in [0.717, 1.165) is 11.1 Å². The first-order valence-electron chi connectivity index (χ1n) is 8.16. The Morgan fingerprint density at radius 3 is 2.48 bits per heavy atom. The summed E-state index contributed by atoms with van der Waals surface area (Å²) in [7, 11) is 0. The van der Waals surface area contributed by atoms with E-state index in [-0.39, 0.29) is 12.5 Å². The number of halogens is 1. The second-order valence-electron chi connectivity index (χ2n) is 6.27. The van der Waals surface area contributed by atoms with Gasteiger partial charge in [-0.05, 0) is 30.5 Å². The van der Waals surface area contributed by atoms with Gasteiger partial charge in [0, 0.05) is 0 Å². The molecular formula is C20H22ClNO3. The Hall–Kier alpha value is -2.33. The molecule has 0 bridgehead atoms. The fourth-order valence-electron chi connectivity index (χ4n) is 2.41. The number of aryl methyl sites for hydroxylation is 1. The Morgan fingerprint density at radius 2 is 1.84 bits per heavy atom. The smallest absolute Gasteiger partial charge is 0.329 e. The minimum absolute atomic E-state index is 0.114. The first kappa shape index (κ1) is 19.0. The second-order valence-corrected chi connectivity index (χ2v) is 6.68. The number of hydrogen-bond acceptors (Lipinski definition) is 3. The number of carbonyl (C=O) groups is 2. The molecule has 2 aromatic carbocycles. The van der Waals surface area contributed by atoms with E-state index in [1.807, 2.05) is 45.0 Å². The maximum atomic E-state index is 12.4. The van der Waals surface area contributed by atoms with Crippen molar-refractivity contribution in [1.82, 2.24) is 5.32 Å². The fraction of sp³-hybridized carbons (Fsp3) is 0.300. The Balaban J connectivity index is 2.03. The summed E-state index contributed by atoms with van der Waals surface area (Å²) in [6.07, 6.45) is 0. The second kappa shape index (κ2) is 8.67. The van der Waals surface area contributed by atoms with Gasteiger partial charge in [-0.25, -0.2) is 4.79 Å². The molecule has 0 fully saturated rings. The van der Waals surface area contributed by atoms with E-state index in [1.165, 1.54) is 0 Å². The highest BCUT2D eigenvalue weighted by atomic mass is 35.5. The van der Waals surface area contributed by atoms with Gasteiger partial charge in [0.05, 0.1) is 10.6 Å². The number of nitrogens with one attached hydrogen (secondary N) is 1. The first-order valence-corrected chi connectivity index (χ1v) is 8.54. The molecule has 1 amide bonds. The highest BCUT2D eigenvalue weighted by Gasteiger charge is 2.26. The molecule has 0 aliphatic carbocycles. The molecule has 2 aromatic rings. The van der Waals surface area contributed by atoms with Crippen LogP contribution in [0.1, 0.15) is 35.3 Å². The van der Waals surface area contributed by atoms with E-state index in [1.54, 1.807) is 24.3 Å². The van der Waals surface area contributed by atoms with Crippen LogP contribution in [-0.4, -0.2) is 17.9 Å². The van der Waals surface area contributed by atoms with Gasteiger partial charge in [-0.2, -0.15) is 0 Å². The third-order valence-electron chi connectivity index (χ3n) is 3.79. The Bertz CT molecular complexity index is 758. The van der Waals surface area contributed by atoms with E-state index in [9.17, 15) is 9.59 Å². The number of rotatable bonds is 6.